The zero-order valence-corrected chi connectivity index (χ0v) is 15.3. The number of phosphoric acid groups is 2. The summed E-state index contributed by atoms with van der Waals surface area (Å²) in [5.74, 6) is -0.307. The fourth-order valence-corrected chi connectivity index (χ4v) is 3.56. The molecule has 4 atom stereocenters. The number of nitrogens with two attached hydrogens (primary N) is 1. The summed E-state index contributed by atoms with van der Waals surface area (Å²) in [4.78, 5) is 46.3. The van der Waals surface area contributed by atoms with Gasteiger partial charge in [0.2, 0.25) is 0 Å². The molecule has 0 aliphatic carbocycles. The van der Waals surface area contributed by atoms with Crippen LogP contribution in [-0.4, -0.2) is 69.1 Å². The van der Waals surface area contributed by atoms with Crippen molar-refractivity contribution in [1.29, 1.82) is 0 Å². The van der Waals surface area contributed by atoms with Crippen LogP contribution in [-0.2, 0) is 22.9 Å². The van der Waals surface area contributed by atoms with E-state index < -0.39 is 52.9 Å². The van der Waals surface area contributed by atoms with E-state index in [1.165, 1.54) is 0 Å². The van der Waals surface area contributed by atoms with E-state index in [2.05, 4.69) is 24.0 Å². The topological polar surface area (TPSA) is 233 Å². The lowest BCUT2D eigenvalue weighted by atomic mass is 10.1. The predicted molar refractivity (Wildman–Crippen MR) is 84.5 cm³/mol. The van der Waals surface area contributed by atoms with Crippen molar-refractivity contribution >= 4 is 32.6 Å². The van der Waals surface area contributed by atoms with Crippen molar-refractivity contribution < 1.29 is 52.0 Å². The summed E-state index contributed by atoms with van der Waals surface area (Å²) in [7, 11) is -10.1. The van der Waals surface area contributed by atoms with Gasteiger partial charge in [-0.3, -0.25) is 13.6 Å². The van der Waals surface area contributed by atoms with Crippen LogP contribution in [0, 0.1) is 6.08 Å². The third kappa shape index (κ3) is 4.52. The molecule has 0 aromatic carbocycles. The molecule has 3 rings (SSSR count). The van der Waals surface area contributed by atoms with Gasteiger partial charge in [0.15, 0.2) is 23.2 Å². The first-order chi connectivity index (χ1) is 12.9. The van der Waals surface area contributed by atoms with Gasteiger partial charge in [0.05, 0.1) is 12.9 Å². The van der Waals surface area contributed by atoms with E-state index in [1.807, 2.05) is 0 Å². The number of anilines is 1. The number of hydrogen-bond donors (Lipinski definition) is 6. The Balaban J connectivity index is 1.96. The first-order valence-corrected chi connectivity index (χ1v) is 10.3. The van der Waals surface area contributed by atoms with E-state index in [4.69, 9.17) is 30.0 Å². The van der Waals surface area contributed by atoms with Gasteiger partial charge in [-0.1, -0.05) is 0 Å². The van der Waals surface area contributed by atoms with Crippen LogP contribution in [0.2, 0.25) is 0 Å². The van der Waals surface area contributed by atoms with E-state index in [1.54, 1.807) is 0 Å². The number of fused-ring (bicyclic) bond motifs is 1. The molecule has 1 aliphatic rings. The highest BCUT2D eigenvalue weighted by Crippen LogP contribution is 2.45. The van der Waals surface area contributed by atoms with Gasteiger partial charge in [-0.2, -0.15) is 14.4 Å². The lowest BCUT2D eigenvalue weighted by Gasteiger charge is -2.20. The SMILES string of the molecule is Nc1nc(F)nc2c1ncn2[C@@H]1O[C@H](COP(=O)(O)O)[C@H](OP(=O)(O)O)C1O. The Morgan fingerprint density at radius 2 is 1.93 bits per heavy atom. The van der Waals surface area contributed by atoms with Crippen molar-refractivity contribution in [2.75, 3.05) is 12.3 Å². The van der Waals surface area contributed by atoms with Gasteiger partial charge in [0.1, 0.15) is 18.3 Å². The molecule has 18 heteroatoms. The average molecular weight is 445 g/mol. The molecule has 0 radical (unpaired) electrons. The molecule has 0 amide bonds. The van der Waals surface area contributed by atoms with Gasteiger partial charge in [-0.25, -0.2) is 14.1 Å². The summed E-state index contributed by atoms with van der Waals surface area (Å²) >= 11 is 0. The molecule has 1 aliphatic heterocycles. The first kappa shape index (κ1) is 21.1. The second-order valence-electron chi connectivity index (χ2n) is 5.60. The van der Waals surface area contributed by atoms with Gasteiger partial charge < -0.3 is 35.2 Å². The third-order valence-corrected chi connectivity index (χ3v) is 4.67. The van der Waals surface area contributed by atoms with Gasteiger partial charge >= 0.3 is 21.7 Å². The monoisotopic (exact) mass is 445 g/mol. The van der Waals surface area contributed by atoms with Crippen LogP contribution >= 0.6 is 15.6 Å². The second-order valence-corrected chi connectivity index (χ2v) is 8.04. The average Bonchev–Trinajstić information content (AvgIpc) is 3.06. The Labute approximate surface area is 154 Å². The number of phosphoric ester groups is 2. The van der Waals surface area contributed by atoms with Crippen LogP contribution in [0.1, 0.15) is 6.23 Å². The molecule has 1 fully saturated rings. The van der Waals surface area contributed by atoms with Gasteiger partial charge in [-0.05, 0) is 0 Å². The Hall–Kier alpha value is -1.58. The van der Waals surface area contributed by atoms with Crippen molar-refractivity contribution in [2.45, 2.75) is 24.5 Å². The Morgan fingerprint density at radius 3 is 2.54 bits per heavy atom. The van der Waals surface area contributed by atoms with Crippen molar-refractivity contribution in [3.05, 3.63) is 12.4 Å². The maximum Gasteiger partial charge on any atom is 0.470 e. The van der Waals surface area contributed by atoms with Gasteiger partial charge in [0, 0.05) is 0 Å². The summed E-state index contributed by atoms with van der Waals surface area (Å²) in [6, 6.07) is 0. The number of hydrogen-bond acceptors (Lipinski definition) is 10. The number of nitrogens with zero attached hydrogens (tertiary/aromatic N) is 4. The summed E-state index contributed by atoms with van der Waals surface area (Å²) < 4.78 is 50.7. The number of halogens is 1. The van der Waals surface area contributed by atoms with Crippen LogP contribution in [0.3, 0.4) is 0 Å². The molecule has 1 saturated heterocycles. The van der Waals surface area contributed by atoms with Crippen LogP contribution in [0.5, 0.6) is 0 Å². The van der Waals surface area contributed by atoms with E-state index in [9.17, 15) is 18.6 Å². The smallest absolute Gasteiger partial charge is 0.386 e. The molecular weight excluding hydrogens is 431 g/mol. The minimum absolute atomic E-state index is 0.0421. The van der Waals surface area contributed by atoms with Crippen LogP contribution in [0.25, 0.3) is 11.2 Å². The van der Waals surface area contributed by atoms with Crippen molar-refractivity contribution in [2.24, 2.45) is 0 Å². The fraction of sp³-hybridized carbons (Fsp3) is 0.500. The standard InChI is InChI=1S/C10H14FN5O10P2/c11-10-14-7(12)4-8(15-10)16(2-13-4)9-5(17)6(26-28(21,22)23)3(25-9)1-24-27(18,19)20/h2-3,5-6,9,17H,1H2,(H2,12,14,15)(H2,18,19,20)(H2,21,22,23)/t3-,5?,6+,9-/m1/s1. The Bertz CT molecular complexity index is 977. The first-order valence-electron chi connectivity index (χ1n) is 7.29. The highest BCUT2D eigenvalue weighted by atomic mass is 31.2. The number of nitrogen functional groups attached to an aromatic ring is 1. The summed E-state index contributed by atoms with van der Waals surface area (Å²) in [6.07, 6.45) is -6.73. The van der Waals surface area contributed by atoms with Gasteiger partial charge in [-0.15, -0.1) is 0 Å². The molecule has 3 heterocycles. The maximum atomic E-state index is 13.5. The van der Waals surface area contributed by atoms with Crippen molar-refractivity contribution in [3.63, 3.8) is 0 Å². The van der Waals surface area contributed by atoms with Crippen LogP contribution in [0.15, 0.2) is 6.33 Å². The van der Waals surface area contributed by atoms with E-state index in [0.29, 0.717) is 0 Å². The molecule has 0 bridgehead atoms. The fourth-order valence-electron chi connectivity index (χ4n) is 2.64. The summed E-state index contributed by atoms with van der Waals surface area (Å²) in [5, 5.41) is 10.4. The normalized spacial score (nSPS) is 26.2. The summed E-state index contributed by atoms with van der Waals surface area (Å²) in [6.45, 7) is -0.888. The van der Waals surface area contributed by atoms with Crippen molar-refractivity contribution in [3.8, 4) is 0 Å². The predicted octanol–water partition coefficient (Wildman–Crippen LogP) is -1.61. The number of ether oxygens (including phenoxy) is 1. The molecule has 2 aromatic rings. The number of rotatable bonds is 6. The van der Waals surface area contributed by atoms with Gasteiger partial charge in [0.25, 0.3) is 0 Å². The molecule has 7 N–H and O–H groups in total. The molecule has 1 unspecified atom stereocenters. The van der Waals surface area contributed by atoms with Crippen LogP contribution in [0.4, 0.5) is 10.2 Å². The molecular formula is C10H14FN5O10P2. The number of aliphatic hydroxyl groups is 1. The van der Waals surface area contributed by atoms with E-state index in [0.717, 1.165) is 10.9 Å². The highest BCUT2D eigenvalue weighted by Gasteiger charge is 2.49. The largest absolute Gasteiger partial charge is 0.470 e. The minimum atomic E-state index is -5.14. The second kappa shape index (κ2) is 7.35. The molecule has 156 valence electrons. The third-order valence-electron chi connectivity index (χ3n) is 3.67. The quantitative estimate of drug-likeness (QED) is 0.217. The lowest BCUT2D eigenvalue weighted by Crippen LogP contribution is -2.35. The Morgan fingerprint density at radius 1 is 1.25 bits per heavy atom. The number of aromatic nitrogens is 4. The highest BCUT2D eigenvalue weighted by molar-refractivity contribution is 7.46. The van der Waals surface area contributed by atoms with Crippen LogP contribution < -0.4 is 5.73 Å². The molecule has 15 nitrogen and oxygen atoms in total. The van der Waals surface area contributed by atoms with Crippen molar-refractivity contribution in [1.82, 2.24) is 19.5 Å². The molecule has 28 heavy (non-hydrogen) atoms. The van der Waals surface area contributed by atoms with E-state index >= 15 is 0 Å². The Kier molecular flexibility index (Phi) is 5.55. The summed E-state index contributed by atoms with van der Waals surface area (Å²) in [5.41, 5.74) is 5.28. The maximum absolute atomic E-state index is 13.5. The molecule has 0 spiro atoms. The number of imidazole rings is 1. The minimum Gasteiger partial charge on any atom is -0.386 e. The lowest BCUT2D eigenvalue weighted by molar-refractivity contribution is -0.0502. The molecule has 0 saturated carbocycles. The zero-order valence-electron chi connectivity index (χ0n) is 13.5. The number of aliphatic hydroxyl groups excluding tert-OH is 1. The molecule has 2 aromatic heterocycles. The van der Waals surface area contributed by atoms with E-state index in [-0.39, 0.29) is 17.0 Å². The zero-order chi connectivity index (χ0) is 20.9.